The van der Waals surface area contributed by atoms with Crippen molar-refractivity contribution in [2.45, 2.75) is 71.8 Å². The number of rotatable bonds is 20. The van der Waals surface area contributed by atoms with Crippen molar-refractivity contribution in [3.8, 4) is 11.5 Å². The molecule has 0 spiro atoms. The van der Waals surface area contributed by atoms with Gasteiger partial charge in [0.2, 0.25) is 0 Å². The summed E-state index contributed by atoms with van der Waals surface area (Å²) in [5.41, 5.74) is -0.133. The van der Waals surface area contributed by atoms with Gasteiger partial charge in [0.25, 0.3) is 0 Å². The molecule has 0 amide bonds. The number of carbonyl (C=O) groups excluding carboxylic acids is 6. The van der Waals surface area contributed by atoms with E-state index in [1.165, 1.54) is 42.5 Å². The highest BCUT2D eigenvalue weighted by molar-refractivity contribution is 5.94. The van der Waals surface area contributed by atoms with E-state index in [4.69, 9.17) is 37.9 Å². The Bertz CT molecular complexity index is 1630. The third kappa shape index (κ3) is 16.8. The van der Waals surface area contributed by atoms with Crippen LogP contribution in [0.3, 0.4) is 0 Å². The SMILES string of the molecule is C=CC(=O)OCCCCOC(=O)OC(=C)/C=C\C(=C/C)C(=O)Oc1ccc(OC(=O)C2=CC[C@@](C)(OC(=O)OCCCCOC(=O)CC)C=C2)cc1C. The van der Waals surface area contributed by atoms with E-state index in [0.717, 1.165) is 6.08 Å². The van der Waals surface area contributed by atoms with Crippen molar-refractivity contribution >= 4 is 36.2 Å². The maximum Gasteiger partial charge on any atom is 0.513 e. The van der Waals surface area contributed by atoms with Gasteiger partial charge < -0.3 is 37.9 Å². The largest absolute Gasteiger partial charge is 0.513 e. The number of carbonyl (C=O) groups is 6. The number of hydrogen-bond acceptors (Lipinski definition) is 14. The summed E-state index contributed by atoms with van der Waals surface area (Å²) < 4.78 is 41.2. The third-order valence-corrected chi connectivity index (χ3v) is 7.14. The van der Waals surface area contributed by atoms with Crippen molar-refractivity contribution in [1.29, 1.82) is 0 Å². The Hall–Kier alpha value is -5.92. The maximum absolute atomic E-state index is 12.8. The molecule has 1 aromatic rings. The molecule has 0 aliphatic heterocycles. The summed E-state index contributed by atoms with van der Waals surface area (Å²) in [6.07, 6.45) is 10.5. The van der Waals surface area contributed by atoms with Crippen LogP contribution in [-0.4, -0.2) is 68.2 Å². The molecule has 14 heteroatoms. The summed E-state index contributed by atoms with van der Waals surface area (Å²) in [7, 11) is 0. The highest BCUT2D eigenvalue weighted by Crippen LogP contribution is 2.28. The Morgan fingerprint density at radius 3 is 2.09 bits per heavy atom. The van der Waals surface area contributed by atoms with Crippen molar-refractivity contribution < 1.29 is 66.7 Å². The lowest BCUT2D eigenvalue weighted by Crippen LogP contribution is -2.31. The topological polar surface area (TPSA) is 176 Å². The van der Waals surface area contributed by atoms with Crippen LogP contribution < -0.4 is 9.47 Å². The van der Waals surface area contributed by atoms with Gasteiger partial charge in [-0.15, -0.1) is 0 Å². The first kappa shape index (κ1) is 43.2. The predicted octanol–water partition coefficient (Wildman–Crippen LogP) is 7.02. The zero-order valence-electron chi connectivity index (χ0n) is 30.5. The van der Waals surface area contributed by atoms with Gasteiger partial charge in [-0.25, -0.2) is 24.0 Å². The van der Waals surface area contributed by atoms with Gasteiger partial charge in [0.05, 0.1) is 37.6 Å². The number of hydrogen-bond donors (Lipinski definition) is 0. The number of unbranched alkanes of at least 4 members (excludes halogenated alkanes) is 2. The molecule has 1 atom stereocenters. The molecule has 14 nitrogen and oxygen atoms in total. The van der Waals surface area contributed by atoms with Gasteiger partial charge in [0.1, 0.15) is 22.9 Å². The first-order chi connectivity index (χ1) is 25.3. The molecular formula is C39H46O14. The van der Waals surface area contributed by atoms with Gasteiger partial charge in [-0.1, -0.05) is 32.2 Å². The molecule has 0 bridgehead atoms. The molecule has 1 aromatic carbocycles. The van der Waals surface area contributed by atoms with Crippen LogP contribution in [0.1, 0.15) is 64.9 Å². The van der Waals surface area contributed by atoms with Crippen LogP contribution in [0.25, 0.3) is 0 Å². The van der Waals surface area contributed by atoms with Crippen molar-refractivity contribution in [2.24, 2.45) is 0 Å². The van der Waals surface area contributed by atoms with Crippen LogP contribution in [0.4, 0.5) is 9.59 Å². The Morgan fingerprint density at radius 1 is 0.868 bits per heavy atom. The minimum Gasteiger partial charge on any atom is -0.466 e. The minimum absolute atomic E-state index is 0.0407. The molecule has 1 aliphatic carbocycles. The quantitative estimate of drug-likeness (QED) is 0.0254. The first-order valence-corrected chi connectivity index (χ1v) is 16.9. The summed E-state index contributed by atoms with van der Waals surface area (Å²) in [4.78, 5) is 71.8. The van der Waals surface area contributed by atoms with E-state index in [9.17, 15) is 28.8 Å². The molecule has 1 aliphatic rings. The van der Waals surface area contributed by atoms with Crippen molar-refractivity contribution in [3.05, 3.63) is 96.4 Å². The summed E-state index contributed by atoms with van der Waals surface area (Å²) in [6, 6.07) is 4.48. The number of allylic oxidation sites excluding steroid dienone is 2. The van der Waals surface area contributed by atoms with Crippen LogP contribution in [0.2, 0.25) is 0 Å². The zero-order chi connectivity index (χ0) is 39.2. The van der Waals surface area contributed by atoms with Crippen LogP contribution in [0.15, 0.2) is 90.8 Å². The van der Waals surface area contributed by atoms with Gasteiger partial charge in [0.15, 0.2) is 0 Å². The lowest BCUT2D eigenvalue weighted by molar-refractivity contribution is -0.143. The van der Waals surface area contributed by atoms with Crippen LogP contribution in [0, 0.1) is 6.92 Å². The minimum atomic E-state index is -1.03. The van der Waals surface area contributed by atoms with Crippen molar-refractivity contribution in [2.75, 3.05) is 26.4 Å². The van der Waals surface area contributed by atoms with E-state index in [1.54, 1.807) is 39.8 Å². The molecular weight excluding hydrogens is 692 g/mol. The summed E-state index contributed by atoms with van der Waals surface area (Å²) in [6.45, 7) is 14.1. The zero-order valence-corrected chi connectivity index (χ0v) is 30.5. The number of ether oxygens (including phenoxy) is 8. The Morgan fingerprint density at radius 2 is 1.51 bits per heavy atom. The van der Waals surface area contributed by atoms with Crippen LogP contribution >= 0.6 is 0 Å². The van der Waals surface area contributed by atoms with Crippen molar-refractivity contribution in [3.63, 3.8) is 0 Å². The average molecular weight is 739 g/mol. The van der Waals surface area contributed by atoms with Gasteiger partial charge in [-0.3, -0.25) is 4.79 Å². The highest BCUT2D eigenvalue weighted by Gasteiger charge is 2.29. The molecule has 0 radical (unpaired) electrons. The van der Waals surface area contributed by atoms with E-state index in [2.05, 4.69) is 13.2 Å². The molecule has 286 valence electrons. The average Bonchev–Trinajstić information content (AvgIpc) is 3.12. The van der Waals surface area contributed by atoms with E-state index in [0.29, 0.717) is 37.7 Å². The molecule has 0 saturated carbocycles. The fraction of sp³-hybridized carbons (Fsp3) is 0.385. The third-order valence-electron chi connectivity index (χ3n) is 7.14. The fourth-order valence-corrected chi connectivity index (χ4v) is 4.16. The van der Waals surface area contributed by atoms with Gasteiger partial charge in [-0.2, -0.15) is 0 Å². The molecule has 2 rings (SSSR count). The van der Waals surface area contributed by atoms with E-state index in [1.807, 2.05) is 0 Å². The molecule has 53 heavy (non-hydrogen) atoms. The normalized spacial score (nSPS) is 15.0. The second kappa shape index (κ2) is 22.8. The predicted molar refractivity (Wildman–Crippen MR) is 190 cm³/mol. The molecule has 0 saturated heterocycles. The Balaban J connectivity index is 1.79. The molecule has 0 fully saturated rings. The van der Waals surface area contributed by atoms with Crippen molar-refractivity contribution in [1.82, 2.24) is 0 Å². The number of benzene rings is 1. The van der Waals surface area contributed by atoms with Gasteiger partial charge >= 0.3 is 36.2 Å². The lowest BCUT2D eigenvalue weighted by atomic mass is 9.94. The van der Waals surface area contributed by atoms with E-state index < -0.39 is 35.8 Å². The standard InChI is InChI=1S/C39H46O14/c1-7-29(15-14-28(5)50-37(44)48-24-12-10-22-46-33(40)8-2)35(42)52-32-17-16-31(26-27(32)4)51-36(43)30-18-20-39(6,21-19-30)53-38(45)49-25-13-11-23-47-34(41)9-3/h7-8,14-20,26H,2,5,9-13,21-25H2,1,3-4,6H3/b15-14-,29-7+/t39-/m0/s1. The first-order valence-electron chi connectivity index (χ1n) is 16.9. The second-order valence-electron chi connectivity index (χ2n) is 11.5. The Labute approximate surface area is 308 Å². The number of aryl methyl sites for hydroxylation is 1. The number of esters is 4. The van der Waals surface area contributed by atoms with E-state index >= 15 is 0 Å². The van der Waals surface area contributed by atoms with Gasteiger partial charge in [0, 0.05) is 18.9 Å². The van der Waals surface area contributed by atoms with Crippen LogP contribution in [-0.2, 0) is 47.6 Å². The fourth-order valence-electron chi connectivity index (χ4n) is 4.16. The maximum atomic E-state index is 12.8. The Kier molecular flexibility index (Phi) is 18.6. The van der Waals surface area contributed by atoms with Gasteiger partial charge in [-0.05, 0) is 94.5 Å². The van der Waals surface area contributed by atoms with E-state index in [-0.39, 0.29) is 67.2 Å². The molecule has 0 heterocycles. The second-order valence-corrected chi connectivity index (χ2v) is 11.5. The summed E-state index contributed by atoms with van der Waals surface area (Å²) >= 11 is 0. The highest BCUT2D eigenvalue weighted by atomic mass is 16.7. The molecule has 0 aromatic heterocycles. The molecule has 0 unspecified atom stereocenters. The lowest BCUT2D eigenvalue weighted by Gasteiger charge is -2.27. The summed E-state index contributed by atoms with van der Waals surface area (Å²) in [5, 5.41) is 0. The van der Waals surface area contributed by atoms with Crippen LogP contribution in [0.5, 0.6) is 11.5 Å². The summed E-state index contributed by atoms with van der Waals surface area (Å²) in [5.74, 6) is -1.81. The molecule has 0 N–H and O–H groups in total. The monoisotopic (exact) mass is 738 g/mol. The smallest absolute Gasteiger partial charge is 0.466 e.